The summed E-state index contributed by atoms with van der Waals surface area (Å²) in [5.41, 5.74) is 8.65. The first kappa shape index (κ1) is 14.3. The van der Waals surface area contributed by atoms with Crippen LogP contribution < -0.4 is 0 Å². The Morgan fingerprint density at radius 1 is 0.913 bits per heavy atom. The van der Waals surface area contributed by atoms with Crippen LogP contribution in [0.5, 0.6) is 0 Å². The molecule has 0 spiro atoms. The molecular formula is C23H22. The van der Waals surface area contributed by atoms with Gasteiger partial charge in [-0.3, -0.25) is 0 Å². The molecule has 0 saturated carbocycles. The summed E-state index contributed by atoms with van der Waals surface area (Å²) in [6, 6.07) is 20.0. The van der Waals surface area contributed by atoms with Gasteiger partial charge in [0.2, 0.25) is 0 Å². The summed E-state index contributed by atoms with van der Waals surface area (Å²) in [6.45, 7) is 4.49. The van der Waals surface area contributed by atoms with Crippen LogP contribution in [0.4, 0.5) is 0 Å². The topological polar surface area (TPSA) is 0 Å². The number of hydrogen-bond donors (Lipinski definition) is 0. The van der Waals surface area contributed by atoms with Crippen molar-refractivity contribution in [3.63, 3.8) is 0 Å². The number of fused-ring (bicyclic) bond motifs is 2. The van der Waals surface area contributed by atoms with E-state index in [1.165, 1.54) is 51.4 Å². The first-order valence-corrected chi connectivity index (χ1v) is 8.58. The number of hydrogen-bond acceptors (Lipinski definition) is 0. The van der Waals surface area contributed by atoms with E-state index in [2.05, 4.69) is 74.5 Å². The second-order valence-electron chi connectivity index (χ2n) is 6.59. The van der Waals surface area contributed by atoms with Gasteiger partial charge in [0.15, 0.2) is 0 Å². The van der Waals surface area contributed by atoms with Crippen molar-refractivity contribution in [1.82, 2.24) is 0 Å². The molecule has 0 radical (unpaired) electrons. The van der Waals surface area contributed by atoms with Crippen LogP contribution in [0.2, 0.25) is 0 Å². The summed E-state index contributed by atoms with van der Waals surface area (Å²) in [7, 11) is 0. The quantitative estimate of drug-likeness (QED) is 0.514. The molecule has 0 aliphatic heterocycles. The molecule has 3 aromatic rings. The molecule has 0 unspecified atom stereocenters. The minimum absolute atomic E-state index is 1.13. The summed E-state index contributed by atoms with van der Waals surface area (Å²) in [6.07, 6.45) is 6.00. The van der Waals surface area contributed by atoms with Gasteiger partial charge in [0, 0.05) is 0 Å². The zero-order chi connectivity index (χ0) is 15.8. The van der Waals surface area contributed by atoms with Gasteiger partial charge in [-0.25, -0.2) is 0 Å². The molecule has 114 valence electrons. The molecule has 0 aromatic heterocycles. The molecule has 1 aliphatic carbocycles. The van der Waals surface area contributed by atoms with E-state index in [4.69, 9.17) is 0 Å². The normalized spacial score (nSPS) is 13.2. The molecule has 0 heterocycles. The van der Waals surface area contributed by atoms with E-state index in [0.717, 1.165) is 6.42 Å². The van der Waals surface area contributed by atoms with Gasteiger partial charge in [-0.15, -0.1) is 0 Å². The standard InChI is InChI=1S/C23H22/c1-3-7-17-14-19-9-6-11-21(22(19)15-17)23-16(2)12-13-18-8-4-5-10-20(18)23/h4-6,8-13,15H,3,7,14H2,1-2H3. The lowest BCUT2D eigenvalue weighted by Gasteiger charge is -2.14. The summed E-state index contributed by atoms with van der Waals surface area (Å²) >= 11 is 0. The lowest BCUT2D eigenvalue weighted by atomic mass is 9.90. The maximum absolute atomic E-state index is 2.44. The van der Waals surface area contributed by atoms with E-state index in [-0.39, 0.29) is 0 Å². The van der Waals surface area contributed by atoms with Crippen LogP contribution >= 0.6 is 0 Å². The van der Waals surface area contributed by atoms with E-state index in [0.29, 0.717) is 0 Å². The van der Waals surface area contributed by atoms with Crippen molar-refractivity contribution in [3.05, 3.63) is 76.9 Å². The fourth-order valence-corrected chi connectivity index (χ4v) is 3.88. The van der Waals surface area contributed by atoms with Crippen molar-refractivity contribution in [3.8, 4) is 11.1 Å². The SMILES string of the molecule is CCCC1=Cc2c(cccc2-c2c(C)ccc3ccccc23)C1. The Labute approximate surface area is 138 Å². The molecule has 0 bridgehead atoms. The Kier molecular flexibility index (Phi) is 3.53. The Morgan fingerprint density at radius 3 is 2.65 bits per heavy atom. The monoisotopic (exact) mass is 298 g/mol. The lowest BCUT2D eigenvalue weighted by molar-refractivity contribution is 0.886. The highest BCUT2D eigenvalue weighted by molar-refractivity contribution is 6.00. The summed E-state index contributed by atoms with van der Waals surface area (Å²) in [4.78, 5) is 0. The lowest BCUT2D eigenvalue weighted by Crippen LogP contribution is -1.91. The fourth-order valence-electron chi connectivity index (χ4n) is 3.88. The maximum Gasteiger partial charge on any atom is -0.00576 e. The minimum atomic E-state index is 1.13. The Bertz CT molecular complexity index is 912. The van der Waals surface area contributed by atoms with Crippen molar-refractivity contribution >= 4 is 16.8 Å². The molecule has 4 rings (SSSR count). The van der Waals surface area contributed by atoms with Gasteiger partial charge < -0.3 is 0 Å². The van der Waals surface area contributed by atoms with Gasteiger partial charge in [-0.1, -0.05) is 79.6 Å². The van der Waals surface area contributed by atoms with Crippen molar-refractivity contribution in [2.45, 2.75) is 33.1 Å². The van der Waals surface area contributed by atoms with Gasteiger partial charge in [0.05, 0.1) is 0 Å². The van der Waals surface area contributed by atoms with Crippen LogP contribution in [0.3, 0.4) is 0 Å². The molecule has 0 amide bonds. The maximum atomic E-state index is 2.44. The third-order valence-corrected chi connectivity index (χ3v) is 4.94. The molecule has 0 nitrogen and oxygen atoms in total. The largest absolute Gasteiger partial charge is 0.0652 e. The van der Waals surface area contributed by atoms with E-state index in [1.807, 2.05) is 0 Å². The van der Waals surface area contributed by atoms with Gasteiger partial charge in [0.25, 0.3) is 0 Å². The second-order valence-corrected chi connectivity index (χ2v) is 6.59. The van der Waals surface area contributed by atoms with E-state index in [1.54, 1.807) is 5.57 Å². The van der Waals surface area contributed by atoms with Gasteiger partial charge >= 0.3 is 0 Å². The van der Waals surface area contributed by atoms with Crippen LogP contribution in [-0.4, -0.2) is 0 Å². The molecule has 3 aromatic carbocycles. The van der Waals surface area contributed by atoms with Crippen LogP contribution in [0.1, 0.15) is 36.5 Å². The van der Waals surface area contributed by atoms with Crippen LogP contribution in [-0.2, 0) is 6.42 Å². The molecule has 0 saturated heterocycles. The Hall–Kier alpha value is -2.34. The average molecular weight is 298 g/mol. The first-order valence-electron chi connectivity index (χ1n) is 8.58. The molecule has 0 atom stereocenters. The highest BCUT2D eigenvalue weighted by atomic mass is 14.2. The van der Waals surface area contributed by atoms with Crippen LogP contribution in [0.15, 0.2) is 60.2 Å². The smallest absolute Gasteiger partial charge is 0.00576 e. The predicted octanol–water partition coefficient (Wildman–Crippen LogP) is 6.55. The molecule has 0 fully saturated rings. The van der Waals surface area contributed by atoms with Crippen LogP contribution in [0.25, 0.3) is 28.0 Å². The van der Waals surface area contributed by atoms with Crippen molar-refractivity contribution in [1.29, 1.82) is 0 Å². The van der Waals surface area contributed by atoms with E-state index < -0.39 is 0 Å². The van der Waals surface area contributed by atoms with Crippen molar-refractivity contribution < 1.29 is 0 Å². The Balaban J connectivity index is 1.98. The van der Waals surface area contributed by atoms with Crippen molar-refractivity contribution in [2.75, 3.05) is 0 Å². The molecular weight excluding hydrogens is 276 g/mol. The van der Waals surface area contributed by atoms with Gasteiger partial charge in [-0.2, -0.15) is 0 Å². The van der Waals surface area contributed by atoms with E-state index >= 15 is 0 Å². The summed E-state index contributed by atoms with van der Waals surface area (Å²) < 4.78 is 0. The predicted molar refractivity (Wildman–Crippen MR) is 101 cm³/mol. The molecule has 1 aliphatic rings. The summed E-state index contributed by atoms with van der Waals surface area (Å²) in [5.74, 6) is 0. The zero-order valence-corrected chi connectivity index (χ0v) is 13.9. The van der Waals surface area contributed by atoms with E-state index in [9.17, 15) is 0 Å². The third kappa shape index (κ3) is 2.39. The molecule has 0 N–H and O–H groups in total. The van der Waals surface area contributed by atoms with Gasteiger partial charge in [0.1, 0.15) is 0 Å². The van der Waals surface area contributed by atoms with Gasteiger partial charge in [-0.05, 0) is 58.4 Å². The summed E-state index contributed by atoms with van der Waals surface area (Å²) in [5, 5.41) is 2.68. The third-order valence-electron chi connectivity index (χ3n) is 4.94. The zero-order valence-electron chi connectivity index (χ0n) is 13.9. The Morgan fingerprint density at radius 2 is 1.78 bits per heavy atom. The number of rotatable bonds is 3. The number of allylic oxidation sites excluding steroid dienone is 1. The first-order chi connectivity index (χ1) is 11.3. The number of benzene rings is 3. The number of aryl methyl sites for hydroxylation is 1. The van der Waals surface area contributed by atoms with Crippen LogP contribution in [0, 0.1) is 6.92 Å². The highest BCUT2D eigenvalue weighted by Crippen LogP contribution is 2.39. The van der Waals surface area contributed by atoms with Crippen molar-refractivity contribution in [2.24, 2.45) is 0 Å². The second kappa shape index (κ2) is 5.70. The minimum Gasteiger partial charge on any atom is -0.0652 e. The average Bonchev–Trinajstić information content (AvgIpc) is 2.98. The molecule has 23 heavy (non-hydrogen) atoms. The molecule has 0 heteroatoms. The fraction of sp³-hybridized carbons (Fsp3) is 0.217. The highest BCUT2D eigenvalue weighted by Gasteiger charge is 2.18.